The van der Waals surface area contributed by atoms with Gasteiger partial charge in [-0.3, -0.25) is 28.8 Å². The van der Waals surface area contributed by atoms with Gasteiger partial charge in [-0.1, -0.05) is 96.8 Å². The molecule has 34 nitrogen and oxygen atoms in total. The van der Waals surface area contributed by atoms with E-state index in [0.29, 0.717) is 137 Å². The standard InChI is InChI=1S/C27H36N6O4.C27H36N6O3.C26H34N6O3.C21H27N5O/c1-27(2)16-33(19-7-5-6-8-19)23-21(32(3)25(27)35)14-28-26(31-23)30-20-10-9-17(13-22(20)36-4)24(34)29-18-11-12-37-15-18;1-17-16-33(20-10-6-7-11-20)24-22(32(2)26(17)35)15-28-27(31-24)30-21-13-12-18(14-23(21)36-3)25(34)29-19-8-4-5-9-19;1-16-15-32(19-9-4-5-10-19)23-21(31(2)25(16)34)14-27-26(30-23)29-20-12-11-17(13-22(20)35-3)24(33)28-18-7-6-8-18;1-15-12-13-26(16-8-4-5-9-16)20-18(25(15)2)14-22-21(24-20)23-17-10-6-7-11-19(17)27-3/h9-10,13-14,18-19H,5-8,11-12,15-16H2,1-4H3,(H,29,34)(H,28,30,31);12-15,17,19-20H,4-11,16H2,1-3H3,(H,29,34)(H,28,30,31);11-14,16,18-19H,4-10,15H2,1-3H3,(H,28,33)(H,27,29,30);6-7,10-11,14,16H,1,4-5,8-9,12-13H2,2-3H3,(H,22,23,24)/t18-;17-;16-;/m111./s1. The van der Waals surface area contributed by atoms with Gasteiger partial charge in [0.1, 0.15) is 45.7 Å². The molecule has 0 bridgehead atoms. The van der Waals surface area contributed by atoms with E-state index in [4.69, 9.17) is 43.6 Å². The van der Waals surface area contributed by atoms with Crippen molar-refractivity contribution in [1.29, 1.82) is 0 Å². The summed E-state index contributed by atoms with van der Waals surface area (Å²) < 4.78 is 27.5. The average Bonchev–Trinajstić information content (AvgIpc) is 1.63. The highest BCUT2D eigenvalue weighted by molar-refractivity contribution is 6.03. The first kappa shape index (κ1) is 95.3. The summed E-state index contributed by atoms with van der Waals surface area (Å²) in [4.78, 5) is 131. The average molecular weight is 1850 g/mol. The van der Waals surface area contributed by atoms with Crippen LogP contribution in [0.15, 0.2) is 116 Å². The van der Waals surface area contributed by atoms with Gasteiger partial charge in [-0.15, -0.1) is 0 Å². The van der Waals surface area contributed by atoms with Crippen LogP contribution in [0.5, 0.6) is 23.0 Å². The molecule has 9 heterocycles. The normalized spacial score (nSPS) is 20.4. The van der Waals surface area contributed by atoms with Crippen LogP contribution in [0.4, 0.5) is 92.6 Å². The fraction of sp³-hybridized carbons (Fsp3) is 0.525. The zero-order chi connectivity index (χ0) is 94.7. The van der Waals surface area contributed by atoms with E-state index in [1.807, 2.05) is 70.3 Å². The lowest BCUT2D eigenvalue weighted by molar-refractivity contribution is -0.125. The van der Waals surface area contributed by atoms with Crippen LogP contribution in [-0.2, 0) is 19.1 Å². The zero-order valence-corrected chi connectivity index (χ0v) is 80.3. The number of nitrogens with one attached hydrogen (secondary N) is 7. The van der Waals surface area contributed by atoms with E-state index >= 15 is 0 Å². The summed E-state index contributed by atoms with van der Waals surface area (Å²) in [6.45, 7) is 16.2. The number of para-hydroxylation sites is 2. The van der Waals surface area contributed by atoms with Gasteiger partial charge in [0.05, 0.1) is 106 Å². The third kappa shape index (κ3) is 21.7. The van der Waals surface area contributed by atoms with Crippen molar-refractivity contribution in [1.82, 2.24) is 55.8 Å². The fourth-order valence-electron chi connectivity index (χ4n) is 20.4. The molecule has 6 saturated carbocycles. The molecular formula is C101H133N23O11. The SMILES string of the molecule is C=C1CCN(C2CCCC2)c2nc(Nc3ccccc3OC)ncc2N1C.COc1cc(C(=O)NC2CCC2)ccc1Nc1ncc2c(n1)N(C1CCCC1)C[C@@H](C)C(=O)N2C.COc1cc(C(=O)NC2CCCC2)ccc1Nc1ncc2c(n1)N(C1CCCC1)C[C@@H](C)C(=O)N2C.COc1cc(C(=O)N[C@@H]2CCOC2)ccc1Nc1ncc2c(n1)N(C1CCCC1)CC(C)(C)C(=O)N2C. The molecule has 0 radical (unpaired) electrons. The summed E-state index contributed by atoms with van der Waals surface area (Å²) in [5.41, 5.74) is 8.23. The lowest BCUT2D eigenvalue weighted by Crippen LogP contribution is -2.45. The molecular weight excluding hydrogens is 1710 g/mol. The first-order valence-corrected chi connectivity index (χ1v) is 48.4. The maximum atomic E-state index is 13.2. The number of ether oxygens (including phenoxy) is 5. The Kier molecular flexibility index (Phi) is 30.2. The van der Waals surface area contributed by atoms with E-state index in [2.05, 4.69) is 95.3 Å². The molecule has 34 heteroatoms. The van der Waals surface area contributed by atoms with Gasteiger partial charge < -0.3 is 100 Å². The van der Waals surface area contributed by atoms with Crippen LogP contribution in [0, 0.1) is 17.3 Å². The van der Waals surface area contributed by atoms with Crippen LogP contribution in [0.2, 0.25) is 0 Å². The van der Waals surface area contributed by atoms with E-state index in [0.717, 1.165) is 141 Å². The van der Waals surface area contributed by atoms with E-state index in [1.165, 1.54) is 83.5 Å². The van der Waals surface area contributed by atoms with Gasteiger partial charge in [-0.2, -0.15) is 19.9 Å². The van der Waals surface area contributed by atoms with Crippen molar-refractivity contribution in [2.24, 2.45) is 17.3 Å². The Morgan fingerprint density at radius 3 is 1.13 bits per heavy atom. The van der Waals surface area contributed by atoms with Crippen molar-refractivity contribution >= 4 is 128 Å². The number of amides is 6. The molecule has 11 aliphatic rings. The second-order valence-corrected chi connectivity index (χ2v) is 38.2. The van der Waals surface area contributed by atoms with Crippen LogP contribution >= 0.6 is 0 Å². The number of anilines is 16. The lowest BCUT2D eigenvalue weighted by atomic mass is 9.91. The van der Waals surface area contributed by atoms with Crippen molar-refractivity contribution in [2.45, 2.75) is 231 Å². The molecule has 8 aromatic rings. The maximum absolute atomic E-state index is 13.2. The van der Waals surface area contributed by atoms with Crippen molar-refractivity contribution in [2.75, 3.05) is 156 Å². The summed E-state index contributed by atoms with van der Waals surface area (Å²) in [6.07, 6.45) is 35.3. The molecule has 4 aromatic heterocycles. The van der Waals surface area contributed by atoms with Crippen molar-refractivity contribution in [3.63, 3.8) is 0 Å². The van der Waals surface area contributed by atoms with Crippen molar-refractivity contribution in [3.8, 4) is 23.0 Å². The quantitative estimate of drug-likeness (QED) is 0.0331. The highest BCUT2D eigenvalue weighted by atomic mass is 16.5. The Bertz CT molecular complexity index is 5590. The Morgan fingerprint density at radius 1 is 0.407 bits per heavy atom. The number of hydrogen-bond donors (Lipinski definition) is 7. The number of nitrogens with zero attached hydrogens (tertiary/aromatic N) is 16. The van der Waals surface area contributed by atoms with Crippen LogP contribution in [0.3, 0.4) is 0 Å². The highest BCUT2D eigenvalue weighted by Crippen LogP contribution is 2.46. The molecule has 1 saturated heterocycles. The summed E-state index contributed by atoms with van der Waals surface area (Å²) in [7, 11) is 13.8. The number of hydrogen-bond acceptors (Lipinski definition) is 28. The monoisotopic (exact) mass is 1840 g/mol. The second-order valence-electron chi connectivity index (χ2n) is 38.2. The van der Waals surface area contributed by atoms with Gasteiger partial charge in [0.2, 0.25) is 41.5 Å². The number of rotatable bonds is 22. The van der Waals surface area contributed by atoms with Gasteiger partial charge in [0, 0.05) is 126 Å². The maximum Gasteiger partial charge on any atom is 0.251 e. The largest absolute Gasteiger partial charge is 0.495 e. The minimum Gasteiger partial charge on any atom is -0.495 e. The second kappa shape index (κ2) is 42.8. The van der Waals surface area contributed by atoms with Crippen LogP contribution < -0.4 is 95.4 Å². The molecule has 6 amide bonds. The smallest absolute Gasteiger partial charge is 0.251 e. The van der Waals surface area contributed by atoms with E-state index in [-0.39, 0.29) is 65.4 Å². The first-order valence-electron chi connectivity index (χ1n) is 48.4. The van der Waals surface area contributed by atoms with Crippen LogP contribution in [0.1, 0.15) is 219 Å². The van der Waals surface area contributed by atoms with E-state index in [1.54, 1.807) is 125 Å². The molecule has 3 atom stereocenters. The molecule has 0 spiro atoms. The molecule has 718 valence electrons. The van der Waals surface area contributed by atoms with Crippen molar-refractivity contribution in [3.05, 3.63) is 133 Å². The Morgan fingerprint density at radius 2 is 0.748 bits per heavy atom. The minimum atomic E-state index is -0.546. The third-order valence-corrected chi connectivity index (χ3v) is 28.5. The number of methoxy groups -OCH3 is 4. The van der Waals surface area contributed by atoms with Gasteiger partial charge in [0.25, 0.3) is 17.7 Å². The molecule has 7 N–H and O–H groups in total. The lowest BCUT2D eigenvalue weighted by Gasteiger charge is -2.34. The van der Waals surface area contributed by atoms with Crippen LogP contribution in [0.25, 0.3) is 0 Å². The number of carbonyl (C=O) groups is 6. The Labute approximate surface area is 792 Å². The predicted molar refractivity (Wildman–Crippen MR) is 528 cm³/mol. The molecule has 4 aromatic carbocycles. The third-order valence-electron chi connectivity index (χ3n) is 28.5. The first-order chi connectivity index (χ1) is 65.3. The zero-order valence-electron chi connectivity index (χ0n) is 80.3. The summed E-state index contributed by atoms with van der Waals surface area (Å²) in [5.74, 6) is 7.16. The topological polar surface area (TPSA) is 362 Å². The Balaban J connectivity index is 0.000000131. The van der Waals surface area contributed by atoms with E-state index in [9.17, 15) is 28.8 Å². The number of carbonyl (C=O) groups excluding carboxylic acids is 6. The van der Waals surface area contributed by atoms with Crippen LogP contribution in [-0.4, -0.2) is 214 Å². The summed E-state index contributed by atoms with van der Waals surface area (Å²) in [6, 6.07) is 26.0. The fourth-order valence-corrected chi connectivity index (χ4v) is 20.4. The molecule has 135 heavy (non-hydrogen) atoms. The van der Waals surface area contributed by atoms with Gasteiger partial charge in [0.15, 0.2) is 23.3 Å². The Hall–Kier alpha value is -12.9. The molecule has 19 rings (SSSR count). The summed E-state index contributed by atoms with van der Waals surface area (Å²) in [5, 5.41) is 22.3. The molecule has 7 fully saturated rings. The van der Waals surface area contributed by atoms with Gasteiger partial charge in [-0.25, -0.2) is 19.9 Å². The summed E-state index contributed by atoms with van der Waals surface area (Å²) >= 11 is 0. The van der Waals surface area contributed by atoms with Gasteiger partial charge >= 0.3 is 0 Å². The number of aromatic nitrogens is 8. The predicted octanol–water partition coefficient (Wildman–Crippen LogP) is 16.0. The minimum absolute atomic E-state index is 0.0297. The van der Waals surface area contributed by atoms with Crippen molar-refractivity contribution < 1.29 is 52.5 Å². The molecule has 0 unspecified atom stereocenters. The number of benzene rings is 4. The van der Waals surface area contributed by atoms with E-state index < -0.39 is 5.41 Å². The highest BCUT2D eigenvalue weighted by Gasteiger charge is 2.44. The molecule has 6 aliphatic carbocycles. The number of fused-ring (bicyclic) bond motifs is 4. The van der Waals surface area contributed by atoms with Gasteiger partial charge in [-0.05, 0) is 170 Å². The molecule has 5 aliphatic heterocycles.